The number of nitrogens with zero attached hydrogens (tertiary/aromatic N) is 1. The fourth-order valence-electron chi connectivity index (χ4n) is 1.77. The third-order valence-corrected chi connectivity index (χ3v) is 3.93. The molecule has 2 N–H and O–H groups in total. The van der Waals surface area contributed by atoms with Crippen molar-refractivity contribution in [1.29, 1.82) is 5.26 Å². The highest BCUT2D eigenvalue weighted by molar-refractivity contribution is 7.89. The highest BCUT2D eigenvalue weighted by atomic mass is 32.2. The summed E-state index contributed by atoms with van der Waals surface area (Å²) in [4.78, 5) is 0.0807. The van der Waals surface area contributed by atoms with Gasteiger partial charge in [0.15, 0.2) is 0 Å². The van der Waals surface area contributed by atoms with E-state index in [0.29, 0.717) is 29.9 Å². The first kappa shape index (κ1) is 16.5. The van der Waals surface area contributed by atoms with Gasteiger partial charge < -0.3 is 4.74 Å². The molecule has 5 nitrogen and oxygen atoms in total. The lowest BCUT2D eigenvalue weighted by atomic mass is 9.92. The molecule has 20 heavy (non-hydrogen) atoms. The molecule has 0 unspecified atom stereocenters. The van der Waals surface area contributed by atoms with Gasteiger partial charge in [0, 0.05) is 0 Å². The van der Waals surface area contributed by atoms with Crippen molar-refractivity contribution in [3.8, 4) is 11.8 Å². The summed E-state index contributed by atoms with van der Waals surface area (Å²) in [5, 5.41) is 14.1. The molecule has 0 amide bonds. The topological polar surface area (TPSA) is 93.2 Å². The van der Waals surface area contributed by atoms with Gasteiger partial charge >= 0.3 is 0 Å². The van der Waals surface area contributed by atoms with Gasteiger partial charge in [-0.05, 0) is 57.4 Å². The summed E-state index contributed by atoms with van der Waals surface area (Å²) in [6, 6.07) is 5.20. The Morgan fingerprint density at radius 3 is 2.20 bits per heavy atom. The molecule has 6 heteroatoms. The lowest BCUT2D eigenvalue weighted by molar-refractivity contribution is 0.261. The van der Waals surface area contributed by atoms with E-state index in [1.807, 2.05) is 13.8 Å². The molecule has 0 bridgehead atoms. The quantitative estimate of drug-likeness (QED) is 0.902. The van der Waals surface area contributed by atoms with E-state index in [2.05, 4.69) is 6.07 Å². The monoisotopic (exact) mass is 296 g/mol. The van der Waals surface area contributed by atoms with Crippen LogP contribution in [-0.4, -0.2) is 15.0 Å². The van der Waals surface area contributed by atoms with Gasteiger partial charge in [-0.15, -0.1) is 0 Å². The normalized spacial score (nSPS) is 12.0. The summed E-state index contributed by atoms with van der Waals surface area (Å²) in [5.74, 6) is 0.645. The predicted molar refractivity (Wildman–Crippen MR) is 76.8 cm³/mol. The van der Waals surface area contributed by atoms with Crippen LogP contribution in [0.2, 0.25) is 0 Å². The van der Waals surface area contributed by atoms with Crippen molar-refractivity contribution in [3.05, 3.63) is 23.3 Å². The summed E-state index contributed by atoms with van der Waals surface area (Å²) < 4.78 is 28.4. The lowest BCUT2D eigenvalue weighted by Gasteiger charge is -2.18. The molecule has 0 aliphatic heterocycles. The Hall–Kier alpha value is -1.58. The molecule has 0 aliphatic carbocycles. The highest BCUT2D eigenvalue weighted by Crippen LogP contribution is 2.27. The van der Waals surface area contributed by atoms with Gasteiger partial charge in [-0.25, -0.2) is 13.6 Å². The Morgan fingerprint density at radius 1 is 1.30 bits per heavy atom. The van der Waals surface area contributed by atoms with Crippen LogP contribution in [0.5, 0.6) is 5.75 Å². The number of benzene rings is 1. The smallest absolute Gasteiger partial charge is 0.238 e. The summed E-state index contributed by atoms with van der Waals surface area (Å²) in [5.41, 5.74) is 0.982. The Morgan fingerprint density at radius 2 is 1.80 bits per heavy atom. The second kappa shape index (κ2) is 5.81. The zero-order valence-electron chi connectivity index (χ0n) is 12.2. The van der Waals surface area contributed by atoms with Crippen molar-refractivity contribution in [2.24, 2.45) is 10.6 Å². The summed E-state index contributed by atoms with van der Waals surface area (Å²) in [6.07, 6.45) is 0.597. The van der Waals surface area contributed by atoms with E-state index < -0.39 is 15.4 Å². The van der Waals surface area contributed by atoms with Gasteiger partial charge in [0.1, 0.15) is 5.75 Å². The molecule has 0 saturated heterocycles. The zero-order valence-corrected chi connectivity index (χ0v) is 13.0. The van der Waals surface area contributed by atoms with Crippen molar-refractivity contribution in [1.82, 2.24) is 0 Å². The number of hydrogen-bond acceptors (Lipinski definition) is 4. The number of primary sulfonamides is 1. The first-order chi connectivity index (χ1) is 9.07. The summed E-state index contributed by atoms with van der Waals surface area (Å²) >= 11 is 0. The number of ether oxygens (including phenoxy) is 1. The average molecular weight is 296 g/mol. The second-order valence-corrected chi connectivity index (χ2v) is 7.09. The molecule has 0 heterocycles. The van der Waals surface area contributed by atoms with E-state index in [1.54, 1.807) is 13.8 Å². The average Bonchev–Trinajstić information content (AvgIpc) is 2.31. The molecule has 0 radical (unpaired) electrons. The fourth-order valence-corrected chi connectivity index (χ4v) is 2.45. The van der Waals surface area contributed by atoms with Gasteiger partial charge in [-0.3, -0.25) is 0 Å². The number of nitriles is 1. The molecule has 1 rings (SSSR count). The van der Waals surface area contributed by atoms with Gasteiger partial charge in [-0.1, -0.05) is 0 Å². The number of aryl methyl sites for hydroxylation is 2. The minimum absolute atomic E-state index is 0.0807. The van der Waals surface area contributed by atoms with Gasteiger partial charge in [0.25, 0.3) is 0 Å². The molecule has 0 aliphatic rings. The summed E-state index contributed by atoms with van der Waals surface area (Å²) in [6.45, 7) is 7.64. The van der Waals surface area contributed by atoms with Gasteiger partial charge in [-0.2, -0.15) is 5.26 Å². The molecular formula is C14H20N2O3S. The van der Waals surface area contributed by atoms with Crippen LogP contribution in [0, 0.1) is 30.6 Å². The Kier molecular flexibility index (Phi) is 4.79. The standard InChI is InChI=1S/C14H20N2O3S/c1-10-7-12(20(16,17)18)8-11(2)13(10)19-6-5-14(3,4)9-15/h7-8H,5-6H2,1-4H3,(H2,16,17,18). The van der Waals surface area contributed by atoms with Crippen molar-refractivity contribution in [3.63, 3.8) is 0 Å². The minimum Gasteiger partial charge on any atom is -0.493 e. The fraction of sp³-hybridized carbons (Fsp3) is 0.500. The number of nitrogens with two attached hydrogens (primary N) is 1. The number of rotatable bonds is 5. The Bertz CT molecular complexity index is 620. The molecule has 0 atom stereocenters. The van der Waals surface area contributed by atoms with Crippen LogP contribution in [0.15, 0.2) is 17.0 Å². The van der Waals surface area contributed by atoms with Crippen LogP contribution >= 0.6 is 0 Å². The zero-order chi connectivity index (χ0) is 15.6. The Balaban J connectivity index is 2.91. The van der Waals surface area contributed by atoms with E-state index in [-0.39, 0.29) is 4.90 Å². The van der Waals surface area contributed by atoms with Gasteiger partial charge in [0.2, 0.25) is 10.0 Å². The molecule has 0 saturated carbocycles. The van der Waals surface area contributed by atoms with E-state index in [1.165, 1.54) is 12.1 Å². The summed E-state index contributed by atoms with van der Waals surface area (Å²) in [7, 11) is -3.71. The minimum atomic E-state index is -3.71. The van der Waals surface area contributed by atoms with Crippen LogP contribution < -0.4 is 9.88 Å². The first-order valence-electron chi connectivity index (χ1n) is 6.25. The number of sulfonamides is 1. The second-order valence-electron chi connectivity index (χ2n) is 5.53. The third-order valence-electron chi connectivity index (χ3n) is 3.04. The molecule has 0 aromatic heterocycles. The maximum absolute atomic E-state index is 11.3. The van der Waals surface area contributed by atoms with E-state index in [9.17, 15) is 8.42 Å². The van der Waals surface area contributed by atoms with Crippen molar-refractivity contribution in [2.45, 2.75) is 39.0 Å². The van der Waals surface area contributed by atoms with Crippen LogP contribution in [0.25, 0.3) is 0 Å². The largest absolute Gasteiger partial charge is 0.493 e. The van der Waals surface area contributed by atoms with Gasteiger partial charge in [0.05, 0.1) is 23.0 Å². The van der Waals surface area contributed by atoms with E-state index in [4.69, 9.17) is 15.1 Å². The maximum atomic E-state index is 11.3. The molecule has 1 aromatic carbocycles. The van der Waals surface area contributed by atoms with Crippen LogP contribution in [0.3, 0.4) is 0 Å². The molecule has 1 aromatic rings. The third kappa shape index (κ3) is 4.22. The maximum Gasteiger partial charge on any atom is 0.238 e. The van der Waals surface area contributed by atoms with Crippen molar-refractivity contribution < 1.29 is 13.2 Å². The van der Waals surface area contributed by atoms with Crippen molar-refractivity contribution in [2.75, 3.05) is 6.61 Å². The van der Waals surface area contributed by atoms with Crippen molar-refractivity contribution >= 4 is 10.0 Å². The van der Waals surface area contributed by atoms with Crippen LogP contribution in [0.4, 0.5) is 0 Å². The highest BCUT2D eigenvalue weighted by Gasteiger charge is 2.18. The van der Waals surface area contributed by atoms with Crippen LogP contribution in [0.1, 0.15) is 31.4 Å². The predicted octanol–water partition coefficient (Wildman–Crippen LogP) is 2.27. The molecule has 0 fully saturated rings. The molecular weight excluding hydrogens is 276 g/mol. The van der Waals surface area contributed by atoms with Crippen LogP contribution in [-0.2, 0) is 10.0 Å². The Labute approximate surface area is 120 Å². The van der Waals surface area contributed by atoms with E-state index in [0.717, 1.165) is 0 Å². The SMILES string of the molecule is Cc1cc(S(N)(=O)=O)cc(C)c1OCCC(C)(C)C#N. The molecule has 110 valence electrons. The lowest BCUT2D eigenvalue weighted by Crippen LogP contribution is -2.15. The molecule has 0 spiro atoms. The first-order valence-corrected chi connectivity index (χ1v) is 7.79. The number of hydrogen-bond donors (Lipinski definition) is 1. The van der Waals surface area contributed by atoms with E-state index >= 15 is 0 Å².